The molecule has 0 heterocycles. The van der Waals surface area contributed by atoms with Crippen LogP contribution in [-0.4, -0.2) is 18.2 Å². The summed E-state index contributed by atoms with van der Waals surface area (Å²) in [5, 5.41) is 11.6. The minimum Gasteiger partial charge on any atom is -0.465 e. The summed E-state index contributed by atoms with van der Waals surface area (Å²) in [5.41, 5.74) is 0.843. The highest BCUT2D eigenvalue weighted by molar-refractivity contribution is 5.89. The number of hydrogen-bond acceptors (Lipinski definition) is 3. The lowest BCUT2D eigenvalue weighted by Crippen LogP contribution is -2.67. The molecule has 1 aromatic rings. The normalized spacial score (nSPS) is 36.3. The maximum absolute atomic E-state index is 11.6. The molecule has 1 N–H and O–H groups in total. The number of benzene rings is 1. The quantitative estimate of drug-likeness (QED) is 0.834. The number of aliphatic hydroxyl groups is 1. The van der Waals surface area contributed by atoms with E-state index in [4.69, 9.17) is 4.74 Å². The van der Waals surface area contributed by atoms with Crippen LogP contribution in [0.1, 0.15) is 62.9 Å². The number of hydrogen-bond donors (Lipinski definition) is 1. The molecule has 3 nitrogen and oxygen atoms in total. The molecule has 0 spiro atoms. The minimum atomic E-state index is -0.780. The van der Waals surface area contributed by atoms with Crippen LogP contribution in [0.3, 0.4) is 0 Å². The Morgan fingerprint density at radius 1 is 1.26 bits per heavy atom. The van der Waals surface area contributed by atoms with Crippen LogP contribution in [0, 0.1) is 22.7 Å². The second kappa shape index (κ2) is 5.07. The molecule has 0 amide bonds. The standard InChI is InChI=1S/C20H28O3/c1-18(2,3)15-10-11-19(4)12-16(15)20(19,22)14-8-6-13(7-9-14)17(21)23-5/h6-9,15-16,22H,10-12H2,1-5H3/t15-,16+,19-,20+/m1/s1. The molecular formula is C20H28O3. The number of carbonyl (C=O) groups excluding carboxylic acids is 1. The molecule has 0 unspecified atom stereocenters. The van der Waals surface area contributed by atoms with Gasteiger partial charge in [0.1, 0.15) is 0 Å². The Labute approximate surface area is 139 Å². The third-order valence-corrected chi connectivity index (χ3v) is 6.48. The molecule has 0 saturated heterocycles. The summed E-state index contributed by atoms with van der Waals surface area (Å²) in [6.07, 6.45) is 3.33. The zero-order chi connectivity index (χ0) is 17.0. The summed E-state index contributed by atoms with van der Waals surface area (Å²) in [7, 11) is 1.38. The van der Waals surface area contributed by atoms with E-state index in [1.807, 2.05) is 12.1 Å². The first kappa shape index (κ1) is 16.5. The second-order valence-electron chi connectivity index (χ2n) is 8.72. The Balaban J connectivity index is 1.95. The van der Waals surface area contributed by atoms with Crippen molar-refractivity contribution in [1.29, 1.82) is 0 Å². The van der Waals surface area contributed by atoms with Crippen LogP contribution in [0.25, 0.3) is 0 Å². The highest BCUT2D eigenvalue weighted by atomic mass is 16.5. The number of rotatable bonds is 2. The van der Waals surface area contributed by atoms with Gasteiger partial charge >= 0.3 is 5.97 Å². The van der Waals surface area contributed by atoms with Gasteiger partial charge in [-0.25, -0.2) is 4.79 Å². The first-order chi connectivity index (χ1) is 10.6. The molecule has 0 radical (unpaired) electrons. The summed E-state index contributed by atoms with van der Waals surface area (Å²) < 4.78 is 4.76. The molecule has 0 aromatic heterocycles. The van der Waals surface area contributed by atoms with Crippen LogP contribution in [0.5, 0.6) is 0 Å². The lowest BCUT2D eigenvalue weighted by molar-refractivity contribution is -0.277. The van der Waals surface area contributed by atoms with Gasteiger partial charge in [0.05, 0.1) is 18.3 Å². The fourth-order valence-corrected chi connectivity index (χ4v) is 5.08. The number of esters is 1. The van der Waals surface area contributed by atoms with Gasteiger partial charge < -0.3 is 9.84 Å². The van der Waals surface area contributed by atoms with Crippen molar-refractivity contribution in [3.8, 4) is 0 Å². The van der Waals surface area contributed by atoms with E-state index >= 15 is 0 Å². The third kappa shape index (κ3) is 2.24. The molecule has 2 saturated carbocycles. The number of ether oxygens (including phenoxy) is 1. The van der Waals surface area contributed by atoms with Gasteiger partial charge in [0.15, 0.2) is 0 Å². The molecule has 1 aromatic carbocycles. The van der Waals surface area contributed by atoms with E-state index in [1.54, 1.807) is 12.1 Å². The molecule has 0 aliphatic heterocycles. The monoisotopic (exact) mass is 316 g/mol. The van der Waals surface area contributed by atoms with Crippen LogP contribution in [-0.2, 0) is 10.3 Å². The van der Waals surface area contributed by atoms with Gasteiger partial charge in [-0.3, -0.25) is 0 Å². The van der Waals surface area contributed by atoms with E-state index in [0.717, 1.165) is 18.4 Å². The Hall–Kier alpha value is -1.35. The SMILES string of the molecule is COC(=O)c1ccc([C@]2(O)[C@H]3C[C@@]2(C)CC[C@H]3C(C)(C)C)cc1. The van der Waals surface area contributed by atoms with Gasteiger partial charge in [0, 0.05) is 5.41 Å². The number of fused-ring (bicyclic) bond motifs is 2. The largest absolute Gasteiger partial charge is 0.465 e. The van der Waals surface area contributed by atoms with E-state index in [2.05, 4.69) is 27.7 Å². The zero-order valence-electron chi connectivity index (χ0n) is 14.8. The number of methoxy groups -OCH3 is 1. The van der Waals surface area contributed by atoms with Crippen molar-refractivity contribution in [2.75, 3.05) is 7.11 Å². The van der Waals surface area contributed by atoms with Crippen LogP contribution >= 0.6 is 0 Å². The Kier molecular flexibility index (Phi) is 3.64. The Morgan fingerprint density at radius 2 is 1.87 bits per heavy atom. The van der Waals surface area contributed by atoms with E-state index in [-0.39, 0.29) is 16.8 Å². The van der Waals surface area contributed by atoms with Crippen LogP contribution in [0.15, 0.2) is 24.3 Å². The van der Waals surface area contributed by atoms with E-state index in [1.165, 1.54) is 13.5 Å². The topological polar surface area (TPSA) is 46.5 Å². The fraction of sp³-hybridized carbons (Fsp3) is 0.650. The molecular weight excluding hydrogens is 288 g/mol. The Morgan fingerprint density at radius 3 is 2.35 bits per heavy atom. The molecule has 126 valence electrons. The predicted molar refractivity (Wildman–Crippen MR) is 90.1 cm³/mol. The van der Waals surface area contributed by atoms with Crippen molar-refractivity contribution >= 4 is 5.97 Å². The summed E-state index contributed by atoms with van der Waals surface area (Å²) in [6.45, 7) is 9.04. The number of carbonyl (C=O) groups is 1. The second-order valence-corrected chi connectivity index (χ2v) is 8.72. The lowest BCUT2D eigenvalue weighted by atomic mass is 9.38. The zero-order valence-corrected chi connectivity index (χ0v) is 14.8. The van der Waals surface area contributed by atoms with Crippen molar-refractivity contribution in [3.05, 3.63) is 35.4 Å². The molecule has 2 bridgehead atoms. The predicted octanol–water partition coefficient (Wildman–Crippen LogP) is 4.14. The van der Waals surface area contributed by atoms with Crippen molar-refractivity contribution in [2.45, 2.75) is 52.6 Å². The molecule has 3 heteroatoms. The van der Waals surface area contributed by atoms with Gasteiger partial charge in [-0.15, -0.1) is 0 Å². The Bertz CT molecular complexity index is 609. The first-order valence-corrected chi connectivity index (χ1v) is 8.55. The average molecular weight is 316 g/mol. The fourth-order valence-electron chi connectivity index (χ4n) is 5.08. The molecule has 23 heavy (non-hydrogen) atoms. The van der Waals surface area contributed by atoms with E-state index in [0.29, 0.717) is 17.4 Å². The average Bonchev–Trinajstić information content (AvgIpc) is 2.52. The highest BCUT2D eigenvalue weighted by Crippen LogP contribution is 2.70. The maximum Gasteiger partial charge on any atom is 0.337 e. The summed E-state index contributed by atoms with van der Waals surface area (Å²) >= 11 is 0. The third-order valence-electron chi connectivity index (χ3n) is 6.48. The van der Waals surface area contributed by atoms with Crippen molar-refractivity contribution in [1.82, 2.24) is 0 Å². The molecule has 2 aliphatic carbocycles. The van der Waals surface area contributed by atoms with Crippen molar-refractivity contribution < 1.29 is 14.6 Å². The van der Waals surface area contributed by atoms with Crippen LogP contribution in [0.4, 0.5) is 0 Å². The van der Waals surface area contributed by atoms with Gasteiger partial charge in [-0.05, 0) is 54.2 Å². The van der Waals surface area contributed by atoms with Crippen LogP contribution in [0.2, 0.25) is 0 Å². The minimum absolute atomic E-state index is 0.0494. The highest BCUT2D eigenvalue weighted by Gasteiger charge is 2.68. The van der Waals surface area contributed by atoms with Gasteiger partial charge in [-0.1, -0.05) is 39.8 Å². The van der Waals surface area contributed by atoms with Crippen LogP contribution < -0.4 is 0 Å². The van der Waals surface area contributed by atoms with Gasteiger partial charge in [0.2, 0.25) is 0 Å². The van der Waals surface area contributed by atoms with E-state index < -0.39 is 5.60 Å². The molecule has 2 aliphatic rings. The van der Waals surface area contributed by atoms with E-state index in [9.17, 15) is 9.90 Å². The first-order valence-electron chi connectivity index (χ1n) is 8.55. The molecule has 3 rings (SSSR count). The van der Waals surface area contributed by atoms with Crippen molar-refractivity contribution in [3.63, 3.8) is 0 Å². The van der Waals surface area contributed by atoms with Gasteiger partial charge in [-0.2, -0.15) is 0 Å². The van der Waals surface area contributed by atoms with Crippen molar-refractivity contribution in [2.24, 2.45) is 22.7 Å². The lowest BCUT2D eigenvalue weighted by Gasteiger charge is -2.68. The smallest absolute Gasteiger partial charge is 0.337 e. The summed E-state index contributed by atoms with van der Waals surface area (Å²) in [4.78, 5) is 11.6. The summed E-state index contributed by atoms with van der Waals surface area (Å²) in [5.74, 6) is 0.482. The maximum atomic E-state index is 11.6. The molecule has 4 atom stereocenters. The summed E-state index contributed by atoms with van der Waals surface area (Å²) in [6, 6.07) is 7.34. The van der Waals surface area contributed by atoms with Gasteiger partial charge in [0.25, 0.3) is 0 Å². The molecule has 2 fully saturated rings.